The number of nitrogens with zero attached hydrogens (tertiary/aromatic N) is 2. The number of hydrogen-bond acceptors (Lipinski definition) is 6. The van der Waals surface area contributed by atoms with Crippen molar-refractivity contribution in [2.24, 2.45) is 5.92 Å². The molecular formula is C26H35ClN4O5. The Morgan fingerprint density at radius 3 is 2.67 bits per heavy atom. The average molecular weight is 519 g/mol. The van der Waals surface area contributed by atoms with E-state index in [1.165, 1.54) is 4.90 Å². The molecule has 0 spiro atoms. The van der Waals surface area contributed by atoms with Crippen molar-refractivity contribution in [1.29, 1.82) is 0 Å². The molecule has 196 valence electrons. The van der Waals surface area contributed by atoms with Crippen molar-refractivity contribution in [3.8, 4) is 5.75 Å². The van der Waals surface area contributed by atoms with E-state index < -0.39 is 5.91 Å². The van der Waals surface area contributed by atoms with E-state index in [1.807, 2.05) is 13.8 Å². The molecule has 2 heterocycles. The van der Waals surface area contributed by atoms with Crippen LogP contribution in [0.2, 0.25) is 5.02 Å². The number of benzene rings is 1. The van der Waals surface area contributed by atoms with Gasteiger partial charge in [0.25, 0.3) is 11.8 Å². The summed E-state index contributed by atoms with van der Waals surface area (Å²) in [6, 6.07) is 6.20. The average Bonchev–Trinajstić information content (AvgIpc) is 3.31. The fourth-order valence-corrected chi connectivity index (χ4v) is 4.15. The Balaban J connectivity index is 1.82. The first-order chi connectivity index (χ1) is 17.1. The number of fused-ring (bicyclic) bond motifs is 1. The molecule has 3 rings (SSSR count). The summed E-state index contributed by atoms with van der Waals surface area (Å²) in [4.78, 5) is 40.5. The fourth-order valence-electron chi connectivity index (χ4n) is 3.98. The Morgan fingerprint density at radius 1 is 1.19 bits per heavy atom. The van der Waals surface area contributed by atoms with Crippen LogP contribution in [0.25, 0.3) is 0 Å². The van der Waals surface area contributed by atoms with Crippen LogP contribution in [-0.2, 0) is 4.79 Å². The maximum atomic E-state index is 13.2. The highest BCUT2D eigenvalue weighted by molar-refractivity contribution is 6.31. The summed E-state index contributed by atoms with van der Waals surface area (Å²) in [6.07, 6.45) is 1.85. The van der Waals surface area contributed by atoms with Gasteiger partial charge in [-0.1, -0.05) is 44.5 Å². The van der Waals surface area contributed by atoms with Gasteiger partial charge >= 0.3 is 0 Å². The summed E-state index contributed by atoms with van der Waals surface area (Å²) < 4.78 is 11.3. The van der Waals surface area contributed by atoms with Gasteiger partial charge in [-0.2, -0.15) is 0 Å². The lowest BCUT2D eigenvalue weighted by Gasteiger charge is -2.25. The number of nitrogens with one attached hydrogen (secondary N) is 2. The largest absolute Gasteiger partial charge is 0.491 e. The van der Waals surface area contributed by atoms with Crippen molar-refractivity contribution >= 4 is 29.3 Å². The maximum absolute atomic E-state index is 13.2. The number of halogens is 1. The van der Waals surface area contributed by atoms with Crippen molar-refractivity contribution in [3.63, 3.8) is 0 Å². The molecule has 1 aromatic heterocycles. The van der Waals surface area contributed by atoms with Crippen LogP contribution in [0.1, 0.15) is 79.5 Å². The minimum absolute atomic E-state index is 0.104. The van der Waals surface area contributed by atoms with Gasteiger partial charge in [0.05, 0.1) is 23.8 Å². The second kappa shape index (κ2) is 12.8. The van der Waals surface area contributed by atoms with E-state index in [9.17, 15) is 14.4 Å². The summed E-state index contributed by atoms with van der Waals surface area (Å²) in [5.41, 5.74) is 1.02. The van der Waals surface area contributed by atoms with Crippen LogP contribution in [0, 0.1) is 5.92 Å². The van der Waals surface area contributed by atoms with E-state index in [1.54, 1.807) is 24.3 Å². The molecule has 0 saturated heterocycles. The Kier molecular flexibility index (Phi) is 9.75. The summed E-state index contributed by atoms with van der Waals surface area (Å²) in [5, 5.41) is 10.3. The molecule has 1 atom stereocenters. The van der Waals surface area contributed by atoms with Crippen LogP contribution < -0.4 is 15.4 Å². The van der Waals surface area contributed by atoms with Crippen molar-refractivity contribution in [2.45, 2.75) is 58.9 Å². The first kappa shape index (κ1) is 27.5. The smallest absolute Gasteiger partial charge is 0.292 e. The van der Waals surface area contributed by atoms with Crippen LogP contribution >= 0.6 is 11.6 Å². The molecule has 0 fully saturated rings. The monoisotopic (exact) mass is 518 g/mol. The van der Waals surface area contributed by atoms with Gasteiger partial charge in [-0.3, -0.25) is 14.4 Å². The molecule has 1 aliphatic heterocycles. The van der Waals surface area contributed by atoms with Crippen LogP contribution in [0.15, 0.2) is 28.8 Å². The number of aromatic nitrogens is 1. The molecule has 0 radical (unpaired) electrons. The molecule has 0 aliphatic carbocycles. The molecule has 2 aromatic rings. The van der Waals surface area contributed by atoms with Crippen molar-refractivity contribution in [1.82, 2.24) is 20.7 Å². The van der Waals surface area contributed by atoms with E-state index in [4.69, 9.17) is 20.9 Å². The molecule has 0 unspecified atom stereocenters. The molecular weight excluding hydrogens is 484 g/mol. The number of ether oxygens (including phenoxy) is 1. The number of carbonyl (C=O) groups excluding carboxylic acids is 3. The van der Waals surface area contributed by atoms with Crippen molar-refractivity contribution < 1.29 is 23.6 Å². The minimum Gasteiger partial charge on any atom is -0.491 e. The third-order valence-corrected chi connectivity index (χ3v) is 6.08. The molecule has 1 aliphatic rings. The summed E-state index contributed by atoms with van der Waals surface area (Å²) in [5.74, 6) is -0.0675. The summed E-state index contributed by atoms with van der Waals surface area (Å²) >= 11 is 6.13. The zero-order chi connectivity index (χ0) is 26.2. The van der Waals surface area contributed by atoms with E-state index in [0.29, 0.717) is 54.4 Å². The van der Waals surface area contributed by atoms with Crippen LogP contribution in [0.3, 0.4) is 0 Å². The normalized spacial score (nSPS) is 18.1. The SMILES string of the molecule is CC(C)C[C@H]1COc2ccc(Cl)cc2C(=O)NCCCCN(C(=O)c2cc(C(C)C)no2)CC(=O)N1. The molecule has 2 N–H and O–H groups in total. The zero-order valence-corrected chi connectivity index (χ0v) is 22.1. The number of rotatable bonds is 4. The fraction of sp³-hybridized carbons (Fsp3) is 0.538. The standard InChI is InChI=1S/C26H35ClN4O5/c1-16(2)11-19-15-35-22-8-7-18(27)12-20(22)25(33)28-9-5-6-10-31(14-24(32)29-19)26(34)23-13-21(17(3)4)30-36-23/h7-8,12-13,16-17,19H,5-6,9-11,14-15H2,1-4H3,(H,28,33)(H,29,32)/t19-/m0/s1. The van der Waals surface area contributed by atoms with E-state index in [-0.39, 0.29) is 48.6 Å². The second-order valence-corrected chi connectivity index (χ2v) is 10.2. The van der Waals surface area contributed by atoms with Gasteiger partial charge < -0.3 is 24.8 Å². The Bertz CT molecular complexity index is 1070. The quantitative estimate of drug-likeness (QED) is 0.631. The van der Waals surface area contributed by atoms with Crippen molar-refractivity contribution in [3.05, 3.63) is 46.3 Å². The Morgan fingerprint density at radius 2 is 1.97 bits per heavy atom. The van der Waals surface area contributed by atoms with Gasteiger partial charge in [0.1, 0.15) is 12.4 Å². The van der Waals surface area contributed by atoms with Crippen molar-refractivity contribution in [2.75, 3.05) is 26.2 Å². The highest BCUT2D eigenvalue weighted by Gasteiger charge is 2.25. The van der Waals surface area contributed by atoms with Crippen LogP contribution in [0.5, 0.6) is 5.75 Å². The molecule has 36 heavy (non-hydrogen) atoms. The first-order valence-electron chi connectivity index (χ1n) is 12.4. The molecule has 0 bridgehead atoms. The van der Waals surface area contributed by atoms with Gasteiger partial charge in [-0.25, -0.2) is 0 Å². The zero-order valence-electron chi connectivity index (χ0n) is 21.3. The minimum atomic E-state index is -0.392. The lowest BCUT2D eigenvalue weighted by Crippen LogP contribution is -2.46. The highest BCUT2D eigenvalue weighted by Crippen LogP contribution is 2.24. The second-order valence-electron chi connectivity index (χ2n) is 9.81. The number of amides is 3. The third-order valence-electron chi connectivity index (χ3n) is 5.84. The first-order valence-corrected chi connectivity index (χ1v) is 12.8. The lowest BCUT2D eigenvalue weighted by atomic mass is 10.0. The lowest BCUT2D eigenvalue weighted by molar-refractivity contribution is -0.122. The molecule has 9 nitrogen and oxygen atoms in total. The van der Waals surface area contributed by atoms with E-state index in [0.717, 1.165) is 0 Å². The third kappa shape index (κ3) is 7.71. The Labute approximate surface area is 216 Å². The molecule has 1 aromatic carbocycles. The molecule has 3 amide bonds. The molecule has 0 saturated carbocycles. The topological polar surface area (TPSA) is 114 Å². The van der Waals surface area contributed by atoms with E-state index >= 15 is 0 Å². The van der Waals surface area contributed by atoms with Gasteiger partial charge in [-0.15, -0.1) is 0 Å². The maximum Gasteiger partial charge on any atom is 0.292 e. The van der Waals surface area contributed by atoms with Gasteiger partial charge in [-0.05, 0) is 49.3 Å². The molecule has 10 heteroatoms. The van der Waals surface area contributed by atoms with E-state index in [2.05, 4.69) is 29.6 Å². The van der Waals surface area contributed by atoms with Gasteiger partial charge in [0.2, 0.25) is 11.7 Å². The predicted molar refractivity (Wildman–Crippen MR) is 136 cm³/mol. The number of carbonyl (C=O) groups is 3. The van der Waals surface area contributed by atoms with Gasteiger partial charge in [0, 0.05) is 24.2 Å². The van der Waals surface area contributed by atoms with Crippen LogP contribution in [-0.4, -0.2) is 60.1 Å². The van der Waals surface area contributed by atoms with Crippen LogP contribution in [0.4, 0.5) is 0 Å². The predicted octanol–water partition coefficient (Wildman–Crippen LogP) is 4.03. The summed E-state index contributed by atoms with van der Waals surface area (Å²) in [6.45, 7) is 8.79. The number of hydrogen-bond donors (Lipinski definition) is 2. The van der Waals surface area contributed by atoms with Gasteiger partial charge in [0.15, 0.2) is 0 Å². The summed E-state index contributed by atoms with van der Waals surface area (Å²) in [7, 11) is 0. The Hall–Kier alpha value is -3.07. The highest BCUT2D eigenvalue weighted by atomic mass is 35.5.